The lowest BCUT2D eigenvalue weighted by molar-refractivity contribution is -0.117. The van der Waals surface area contributed by atoms with Crippen molar-refractivity contribution in [2.45, 2.75) is 39.8 Å². The molecule has 0 aliphatic rings. The summed E-state index contributed by atoms with van der Waals surface area (Å²) in [4.78, 5) is 11.8. The highest BCUT2D eigenvalue weighted by atomic mass is 35.5. The first-order valence-electron chi connectivity index (χ1n) is 6.83. The molecule has 4 nitrogen and oxygen atoms in total. The molecule has 1 aromatic carbocycles. The number of hydrogen-bond donors (Lipinski definition) is 2. The molecule has 0 unspecified atom stereocenters. The van der Waals surface area contributed by atoms with E-state index in [1.165, 1.54) is 0 Å². The van der Waals surface area contributed by atoms with Gasteiger partial charge in [0, 0.05) is 12.2 Å². The summed E-state index contributed by atoms with van der Waals surface area (Å²) in [6.45, 7) is 8.11. The van der Waals surface area contributed by atoms with Crippen LogP contribution in [0.1, 0.15) is 32.8 Å². The molecule has 0 heterocycles. The largest absolute Gasteiger partial charge is 0.378 e. The fraction of sp³-hybridized carbons (Fsp3) is 0.533. The van der Waals surface area contributed by atoms with Crippen molar-refractivity contribution in [3.05, 3.63) is 29.8 Å². The van der Waals surface area contributed by atoms with Crippen LogP contribution in [-0.2, 0) is 16.1 Å². The maximum absolute atomic E-state index is 11.8. The van der Waals surface area contributed by atoms with Crippen LogP contribution >= 0.6 is 12.4 Å². The number of carbonyl (C=O) groups excluding carboxylic acids is 1. The number of benzene rings is 1. The van der Waals surface area contributed by atoms with Crippen molar-refractivity contribution in [3.8, 4) is 0 Å². The molecule has 1 rings (SSSR count). The molecular weight excluding hydrogens is 276 g/mol. The number of carbonyl (C=O) groups is 1. The number of hydrogen-bond acceptors (Lipinski definition) is 3. The molecule has 0 saturated heterocycles. The zero-order chi connectivity index (χ0) is 14.1. The van der Waals surface area contributed by atoms with Crippen LogP contribution in [-0.4, -0.2) is 25.2 Å². The van der Waals surface area contributed by atoms with Gasteiger partial charge in [-0.1, -0.05) is 25.1 Å². The normalized spacial score (nSPS) is 10.2. The number of amides is 1. The smallest absolute Gasteiger partial charge is 0.226 e. The van der Waals surface area contributed by atoms with E-state index in [0.29, 0.717) is 13.0 Å². The Morgan fingerprint density at radius 1 is 1.30 bits per heavy atom. The first kappa shape index (κ1) is 18.9. The minimum atomic E-state index is -0.00963. The van der Waals surface area contributed by atoms with Crippen molar-refractivity contribution in [3.63, 3.8) is 0 Å². The van der Waals surface area contributed by atoms with Gasteiger partial charge in [0.25, 0.3) is 0 Å². The summed E-state index contributed by atoms with van der Waals surface area (Å²) in [6.07, 6.45) is 0.544. The van der Waals surface area contributed by atoms with Crippen LogP contribution in [0.3, 0.4) is 0 Å². The van der Waals surface area contributed by atoms with Crippen LogP contribution in [0.5, 0.6) is 0 Å². The maximum Gasteiger partial charge on any atom is 0.226 e. The van der Waals surface area contributed by atoms with Crippen LogP contribution in [0.25, 0.3) is 0 Å². The second-order valence-corrected chi connectivity index (χ2v) is 4.66. The summed E-state index contributed by atoms with van der Waals surface area (Å²) in [5.41, 5.74) is 1.97. The van der Waals surface area contributed by atoms with Crippen LogP contribution in [0, 0.1) is 0 Å². The molecule has 0 aliphatic carbocycles. The molecule has 1 amide bonds. The number of anilines is 1. The minimum Gasteiger partial charge on any atom is -0.378 e. The third-order valence-electron chi connectivity index (χ3n) is 2.64. The Morgan fingerprint density at radius 2 is 2.00 bits per heavy atom. The van der Waals surface area contributed by atoms with Crippen molar-refractivity contribution in [2.24, 2.45) is 0 Å². The summed E-state index contributed by atoms with van der Waals surface area (Å²) in [5.74, 6) is -0.00963. The van der Waals surface area contributed by atoms with E-state index in [9.17, 15) is 4.79 Å². The van der Waals surface area contributed by atoms with Gasteiger partial charge < -0.3 is 15.4 Å². The van der Waals surface area contributed by atoms with Crippen molar-refractivity contribution < 1.29 is 9.53 Å². The second kappa shape index (κ2) is 10.7. The molecule has 0 bridgehead atoms. The third-order valence-corrected chi connectivity index (χ3v) is 2.64. The highest BCUT2D eigenvalue weighted by Crippen LogP contribution is 2.15. The predicted octanol–water partition coefficient (Wildman–Crippen LogP) is 2.97. The molecule has 0 spiro atoms. The molecule has 5 heteroatoms. The fourth-order valence-corrected chi connectivity index (χ4v) is 1.66. The number of nitrogens with one attached hydrogen (secondary N) is 2. The van der Waals surface area contributed by atoms with Gasteiger partial charge in [0.1, 0.15) is 0 Å². The molecule has 0 atom stereocenters. The highest BCUT2D eigenvalue weighted by molar-refractivity contribution is 5.91. The van der Waals surface area contributed by atoms with Gasteiger partial charge >= 0.3 is 0 Å². The van der Waals surface area contributed by atoms with E-state index in [1.54, 1.807) is 0 Å². The van der Waals surface area contributed by atoms with Gasteiger partial charge in [0.2, 0.25) is 5.91 Å². The SMILES string of the molecule is CCNCc1ccccc1NC(=O)CCOC(C)C.Cl. The second-order valence-electron chi connectivity index (χ2n) is 4.66. The van der Waals surface area contributed by atoms with Gasteiger partial charge in [0.15, 0.2) is 0 Å². The minimum absolute atomic E-state index is 0. The Hall–Kier alpha value is -1.10. The van der Waals surface area contributed by atoms with Gasteiger partial charge in [-0.05, 0) is 32.0 Å². The number of ether oxygens (including phenoxy) is 1. The van der Waals surface area contributed by atoms with E-state index in [-0.39, 0.29) is 24.4 Å². The van der Waals surface area contributed by atoms with Crippen LogP contribution in [0.15, 0.2) is 24.3 Å². The van der Waals surface area contributed by atoms with Crippen molar-refractivity contribution in [1.82, 2.24) is 5.32 Å². The predicted molar refractivity (Wildman–Crippen MR) is 85.4 cm³/mol. The molecule has 0 radical (unpaired) electrons. The summed E-state index contributed by atoms with van der Waals surface area (Å²) in [6, 6.07) is 7.84. The average Bonchev–Trinajstić information content (AvgIpc) is 2.37. The van der Waals surface area contributed by atoms with E-state index in [4.69, 9.17) is 4.74 Å². The van der Waals surface area contributed by atoms with Crippen LogP contribution < -0.4 is 10.6 Å². The first-order valence-corrected chi connectivity index (χ1v) is 6.83. The molecule has 0 aliphatic heterocycles. The van der Waals surface area contributed by atoms with E-state index in [2.05, 4.69) is 17.6 Å². The lowest BCUT2D eigenvalue weighted by Crippen LogP contribution is -2.18. The van der Waals surface area contributed by atoms with E-state index in [0.717, 1.165) is 24.3 Å². The van der Waals surface area contributed by atoms with Crippen LogP contribution in [0.4, 0.5) is 5.69 Å². The maximum atomic E-state index is 11.8. The van der Waals surface area contributed by atoms with Crippen molar-refractivity contribution >= 4 is 24.0 Å². The van der Waals surface area contributed by atoms with E-state index in [1.807, 2.05) is 38.1 Å². The monoisotopic (exact) mass is 300 g/mol. The lowest BCUT2D eigenvalue weighted by Gasteiger charge is -2.12. The van der Waals surface area contributed by atoms with Gasteiger partial charge in [-0.2, -0.15) is 0 Å². The zero-order valence-electron chi connectivity index (χ0n) is 12.4. The van der Waals surface area contributed by atoms with Gasteiger partial charge in [-0.25, -0.2) is 0 Å². The molecule has 114 valence electrons. The summed E-state index contributed by atoms with van der Waals surface area (Å²) in [7, 11) is 0. The van der Waals surface area contributed by atoms with Gasteiger partial charge in [0.05, 0.1) is 19.1 Å². The molecule has 20 heavy (non-hydrogen) atoms. The topological polar surface area (TPSA) is 50.4 Å². The van der Waals surface area contributed by atoms with Gasteiger partial charge in [-0.15, -0.1) is 12.4 Å². The Balaban J connectivity index is 0.00000361. The zero-order valence-corrected chi connectivity index (χ0v) is 13.3. The Labute approximate surface area is 127 Å². The molecule has 1 aromatic rings. The quantitative estimate of drug-likeness (QED) is 0.776. The standard InChI is InChI=1S/C15H24N2O2.ClH/c1-4-16-11-13-7-5-6-8-14(13)17-15(18)9-10-19-12(2)3;/h5-8,12,16H,4,9-11H2,1-3H3,(H,17,18);1H. The van der Waals surface area contributed by atoms with E-state index >= 15 is 0 Å². The fourth-order valence-electron chi connectivity index (χ4n) is 1.66. The number of para-hydroxylation sites is 1. The number of rotatable bonds is 8. The molecule has 0 aromatic heterocycles. The molecule has 0 fully saturated rings. The Bertz CT molecular complexity index is 397. The Kier molecular flexibility index (Phi) is 10.1. The van der Waals surface area contributed by atoms with Crippen molar-refractivity contribution in [1.29, 1.82) is 0 Å². The third kappa shape index (κ3) is 7.48. The first-order chi connectivity index (χ1) is 9.13. The molecular formula is C15H25ClN2O2. The van der Waals surface area contributed by atoms with Gasteiger partial charge in [-0.3, -0.25) is 4.79 Å². The summed E-state index contributed by atoms with van der Waals surface area (Å²) >= 11 is 0. The van der Waals surface area contributed by atoms with Crippen molar-refractivity contribution in [2.75, 3.05) is 18.5 Å². The molecule has 2 N–H and O–H groups in total. The lowest BCUT2D eigenvalue weighted by atomic mass is 10.1. The Morgan fingerprint density at radius 3 is 2.65 bits per heavy atom. The summed E-state index contributed by atoms with van der Waals surface area (Å²) in [5, 5.41) is 6.19. The molecule has 0 saturated carbocycles. The van der Waals surface area contributed by atoms with Crippen LogP contribution in [0.2, 0.25) is 0 Å². The highest BCUT2D eigenvalue weighted by Gasteiger charge is 2.06. The average molecular weight is 301 g/mol. The summed E-state index contributed by atoms with van der Waals surface area (Å²) < 4.78 is 5.37. The van der Waals surface area contributed by atoms with E-state index < -0.39 is 0 Å². The number of halogens is 1.